The molecule has 0 amide bonds. The number of esters is 4. The second-order valence-corrected chi connectivity index (χ2v) is 13.3. The molecule has 3 rings (SSSR count). The van der Waals surface area contributed by atoms with Gasteiger partial charge >= 0.3 is 23.9 Å². The molecular formula is C31H43N3O13S. The first-order valence-electron chi connectivity index (χ1n) is 15.2. The zero-order valence-corrected chi connectivity index (χ0v) is 28.8. The maximum Gasteiger partial charge on any atom is 0.303 e. The molecule has 1 fully saturated rings. The quantitative estimate of drug-likeness (QED) is 0.146. The van der Waals surface area contributed by atoms with E-state index in [1.807, 2.05) is 26.0 Å². The molecule has 0 aliphatic carbocycles. The second kappa shape index (κ2) is 17.3. The molecule has 1 aliphatic heterocycles. The maximum atomic E-state index is 12.2. The van der Waals surface area contributed by atoms with Gasteiger partial charge < -0.3 is 33.2 Å². The zero-order valence-electron chi connectivity index (χ0n) is 28.0. The van der Waals surface area contributed by atoms with E-state index < -0.39 is 71.2 Å². The van der Waals surface area contributed by atoms with Gasteiger partial charge in [0.1, 0.15) is 18.5 Å². The molecule has 16 nitrogen and oxygen atoms in total. The van der Waals surface area contributed by atoms with Crippen molar-refractivity contribution < 1.29 is 60.8 Å². The molecule has 5 atom stereocenters. The molecule has 2 N–H and O–H groups in total. The van der Waals surface area contributed by atoms with Crippen LogP contribution in [0, 0.1) is 0 Å². The molecule has 1 saturated heterocycles. The van der Waals surface area contributed by atoms with Gasteiger partial charge in [-0.25, -0.2) is 13.1 Å². The monoisotopic (exact) mass is 697 g/mol. The Balaban J connectivity index is 1.89. The number of aromatic amines is 1. The summed E-state index contributed by atoms with van der Waals surface area (Å²) in [5, 5.41) is 7.36. The number of hydrogen-bond donors (Lipinski definition) is 2. The number of hydrogen-bond acceptors (Lipinski definition) is 14. The summed E-state index contributed by atoms with van der Waals surface area (Å²) in [6.45, 7) is 8.70. The molecule has 1 aliphatic rings. The van der Waals surface area contributed by atoms with Crippen LogP contribution in [0.25, 0.3) is 0 Å². The Labute approximate surface area is 279 Å². The summed E-state index contributed by atoms with van der Waals surface area (Å²) >= 11 is 0. The average Bonchev–Trinajstić information content (AvgIpc) is 3.36. The van der Waals surface area contributed by atoms with Crippen molar-refractivity contribution in [1.82, 2.24) is 14.9 Å². The molecule has 48 heavy (non-hydrogen) atoms. The van der Waals surface area contributed by atoms with Crippen LogP contribution < -0.4 is 14.2 Å². The summed E-state index contributed by atoms with van der Waals surface area (Å²) in [6, 6.07) is 7.29. The van der Waals surface area contributed by atoms with E-state index in [9.17, 15) is 27.6 Å². The minimum atomic E-state index is -3.26. The third-order valence-corrected chi connectivity index (χ3v) is 7.60. The molecule has 0 radical (unpaired) electrons. The Morgan fingerprint density at radius 2 is 1.52 bits per heavy atom. The van der Waals surface area contributed by atoms with Gasteiger partial charge in [-0.2, -0.15) is 0 Å². The minimum Gasteiger partial charge on any atom is -0.494 e. The van der Waals surface area contributed by atoms with Crippen LogP contribution in [0.2, 0.25) is 0 Å². The number of rotatable bonds is 16. The number of nitrogens with one attached hydrogen (secondary N) is 2. The smallest absolute Gasteiger partial charge is 0.303 e. The predicted molar refractivity (Wildman–Crippen MR) is 167 cm³/mol. The van der Waals surface area contributed by atoms with Crippen molar-refractivity contribution in [2.24, 2.45) is 0 Å². The number of carbonyl (C=O) groups is 4. The minimum absolute atomic E-state index is 0.0107. The first kappa shape index (κ1) is 38.2. The summed E-state index contributed by atoms with van der Waals surface area (Å²) < 4.78 is 64.5. The van der Waals surface area contributed by atoms with Crippen molar-refractivity contribution in [3.05, 3.63) is 41.1 Å². The van der Waals surface area contributed by atoms with E-state index in [0.29, 0.717) is 30.8 Å². The van der Waals surface area contributed by atoms with Crippen molar-refractivity contribution in [2.75, 3.05) is 26.0 Å². The van der Waals surface area contributed by atoms with Crippen molar-refractivity contribution in [2.45, 2.75) is 91.0 Å². The summed E-state index contributed by atoms with van der Waals surface area (Å²) in [6.07, 6.45) is -4.82. The van der Waals surface area contributed by atoms with E-state index in [4.69, 9.17) is 33.2 Å². The van der Waals surface area contributed by atoms with Crippen molar-refractivity contribution >= 4 is 33.9 Å². The third kappa shape index (κ3) is 11.8. The van der Waals surface area contributed by atoms with Crippen LogP contribution >= 0.6 is 0 Å². The lowest BCUT2D eigenvalue weighted by Gasteiger charge is -2.43. The van der Waals surface area contributed by atoms with Gasteiger partial charge in [0, 0.05) is 51.9 Å². The first-order valence-corrected chi connectivity index (χ1v) is 17.1. The number of H-pyrrole nitrogens is 1. The van der Waals surface area contributed by atoms with E-state index in [1.54, 1.807) is 12.1 Å². The molecule has 17 heteroatoms. The number of aromatic nitrogens is 2. The van der Waals surface area contributed by atoms with Crippen LogP contribution in [-0.2, 0) is 59.3 Å². The lowest BCUT2D eigenvalue weighted by atomic mass is 9.97. The molecule has 1 aromatic carbocycles. The van der Waals surface area contributed by atoms with Gasteiger partial charge in [-0.1, -0.05) is 26.0 Å². The summed E-state index contributed by atoms with van der Waals surface area (Å²) in [7, 11) is -3.26. The number of benzene rings is 1. The van der Waals surface area contributed by atoms with Gasteiger partial charge in [-0.05, 0) is 30.0 Å². The van der Waals surface area contributed by atoms with Crippen LogP contribution in [0.3, 0.4) is 0 Å². The van der Waals surface area contributed by atoms with Crippen molar-refractivity contribution in [3.8, 4) is 11.6 Å². The fraction of sp³-hybridized carbons (Fsp3) is 0.581. The topological polar surface area (TPSA) is 208 Å². The Hall–Kier alpha value is -4.22. The van der Waals surface area contributed by atoms with Crippen LogP contribution in [0.4, 0.5) is 0 Å². The second-order valence-electron chi connectivity index (χ2n) is 11.5. The van der Waals surface area contributed by atoms with E-state index in [0.717, 1.165) is 38.3 Å². The fourth-order valence-electron chi connectivity index (χ4n) is 4.93. The lowest BCUT2D eigenvalue weighted by molar-refractivity contribution is -0.289. The molecule has 0 spiro atoms. The number of sulfonamides is 1. The SMILES string of the molecule is CC(=O)OC[C@H]1O[C@@H](Oc2n[nH]c(C(C)C)c2Cc2ccc(OCCCNS(C)(=O)=O)cc2)[C@H](OC(C)=O)[C@@H](OC(C)=O)[C@@H]1OC(C)=O. The predicted octanol–water partition coefficient (Wildman–Crippen LogP) is 1.90. The Kier molecular flexibility index (Phi) is 13.7. The summed E-state index contributed by atoms with van der Waals surface area (Å²) in [4.78, 5) is 48.1. The van der Waals surface area contributed by atoms with E-state index in [-0.39, 0.29) is 18.3 Å². The largest absolute Gasteiger partial charge is 0.494 e. The maximum absolute atomic E-state index is 12.2. The number of nitrogens with zero attached hydrogens (tertiary/aromatic N) is 1. The van der Waals surface area contributed by atoms with Gasteiger partial charge in [0.25, 0.3) is 0 Å². The molecule has 1 aromatic heterocycles. The van der Waals surface area contributed by atoms with Gasteiger partial charge in [-0.3, -0.25) is 24.3 Å². The van der Waals surface area contributed by atoms with Gasteiger partial charge in [-0.15, -0.1) is 5.10 Å². The van der Waals surface area contributed by atoms with E-state index >= 15 is 0 Å². The zero-order chi connectivity index (χ0) is 35.6. The van der Waals surface area contributed by atoms with Gasteiger partial charge in [0.15, 0.2) is 12.2 Å². The highest BCUT2D eigenvalue weighted by atomic mass is 32.2. The van der Waals surface area contributed by atoms with Crippen molar-refractivity contribution in [1.29, 1.82) is 0 Å². The van der Waals surface area contributed by atoms with E-state index in [2.05, 4.69) is 14.9 Å². The van der Waals surface area contributed by atoms with Gasteiger partial charge in [0.05, 0.1) is 12.9 Å². The fourth-order valence-corrected chi connectivity index (χ4v) is 5.44. The first-order chi connectivity index (χ1) is 22.5. The molecule has 266 valence electrons. The van der Waals surface area contributed by atoms with Crippen LogP contribution in [0.15, 0.2) is 24.3 Å². The summed E-state index contributed by atoms with van der Waals surface area (Å²) in [5.74, 6) is -2.20. The standard InChI is InChI=1S/C31H43N3O13S/c1-17(2)26-24(15-22-9-11-23(12-10-22)41-14-8-13-32-48(7,39)40)30(34-33-26)47-31-29(45-21(6)38)28(44-20(5)37)27(43-19(4)36)25(46-31)16-42-18(3)35/h9-12,17,25,27-29,31-32H,8,13-16H2,1-7H3,(H,33,34)/t25-,27-,28+,29-,31+/m1/s1. The van der Waals surface area contributed by atoms with Crippen LogP contribution in [0.1, 0.15) is 70.7 Å². The highest BCUT2D eigenvalue weighted by Gasteiger charge is 2.53. The molecular weight excluding hydrogens is 654 g/mol. The molecule has 2 heterocycles. The molecule has 0 bridgehead atoms. The summed E-state index contributed by atoms with van der Waals surface area (Å²) in [5.41, 5.74) is 2.29. The average molecular weight is 698 g/mol. The van der Waals surface area contributed by atoms with E-state index in [1.165, 1.54) is 6.92 Å². The molecule has 0 unspecified atom stereocenters. The van der Waals surface area contributed by atoms with Gasteiger partial charge in [0.2, 0.25) is 28.3 Å². The Bertz CT molecular complexity index is 1520. The Morgan fingerprint density at radius 1 is 0.917 bits per heavy atom. The highest BCUT2D eigenvalue weighted by molar-refractivity contribution is 7.88. The van der Waals surface area contributed by atoms with Crippen LogP contribution in [-0.4, -0.2) is 99.2 Å². The van der Waals surface area contributed by atoms with Crippen molar-refractivity contribution in [3.63, 3.8) is 0 Å². The van der Waals surface area contributed by atoms with Crippen LogP contribution in [0.5, 0.6) is 11.6 Å². The Morgan fingerprint density at radius 3 is 2.08 bits per heavy atom. The molecule has 2 aromatic rings. The number of ether oxygens (including phenoxy) is 7. The number of carbonyl (C=O) groups excluding carboxylic acids is 4. The normalized spacial score (nSPS) is 20.9. The lowest BCUT2D eigenvalue weighted by Crippen LogP contribution is -2.63. The molecule has 0 saturated carbocycles. The highest BCUT2D eigenvalue weighted by Crippen LogP contribution is 2.34. The third-order valence-electron chi connectivity index (χ3n) is 6.87.